The van der Waals surface area contributed by atoms with Crippen LogP contribution in [0.1, 0.15) is 35.1 Å². The minimum absolute atomic E-state index is 0.144. The zero-order valence-corrected chi connectivity index (χ0v) is 12.1. The van der Waals surface area contributed by atoms with E-state index in [0.717, 1.165) is 5.56 Å². The van der Waals surface area contributed by atoms with E-state index in [1.54, 1.807) is 0 Å². The Labute approximate surface area is 115 Å². The largest absolute Gasteiger partial charge is 0.381 e. The molecule has 104 valence electrons. The molecular weight excluding hydrogens is 238 g/mol. The van der Waals surface area contributed by atoms with Gasteiger partial charge < -0.3 is 10.5 Å². The molecule has 0 aliphatic carbocycles. The molecule has 1 aromatic rings. The molecule has 1 fully saturated rings. The van der Waals surface area contributed by atoms with E-state index in [1.807, 2.05) is 0 Å². The van der Waals surface area contributed by atoms with Crippen molar-refractivity contribution in [3.05, 3.63) is 34.4 Å². The Bertz CT molecular complexity index is 465. The minimum Gasteiger partial charge on any atom is -0.381 e. The molecule has 1 aromatic carbocycles. The Balaban J connectivity index is 2.19. The fraction of sp³-hybridized carbons (Fsp3) is 0.562. The SMILES string of the molecule is Cc1cc(C)c(CC(=O)C2(N)CCOCC2)c(C)c1. The van der Waals surface area contributed by atoms with Crippen LogP contribution in [-0.2, 0) is 16.0 Å². The minimum atomic E-state index is -0.692. The quantitative estimate of drug-likeness (QED) is 0.907. The zero-order valence-electron chi connectivity index (χ0n) is 12.1. The van der Waals surface area contributed by atoms with Gasteiger partial charge in [-0.3, -0.25) is 4.79 Å². The third-order valence-corrected chi connectivity index (χ3v) is 4.12. The first-order valence-corrected chi connectivity index (χ1v) is 6.89. The first kappa shape index (κ1) is 14.2. The Hall–Kier alpha value is -1.19. The number of benzene rings is 1. The van der Waals surface area contributed by atoms with E-state index >= 15 is 0 Å². The van der Waals surface area contributed by atoms with E-state index in [0.29, 0.717) is 32.5 Å². The second-order valence-corrected chi connectivity index (χ2v) is 5.75. The summed E-state index contributed by atoms with van der Waals surface area (Å²) in [6.07, 6.45) is 1.71. The summed E-state index contributed by atoms with van der Waals surface area (Å²) in [5, 5.41) is 0. The number of carbonyl (C=O) groups excluding carboxylic acids is 1. The van der Waals surface area contributed by atoms with Gasteiger partial charge in [0.05, 0.1) is 5.54 Å². The number of carbonyl (C=O) groups is 1. The summed E-state index contributed by atoms with van der Waals surface area (Å²) in [7, 11) is 0. The third kappa shape index (κ3) is 3.04. The number of ether oxygens (including phenoxy) is 1. The smallest absolute Gasteiger partial charge is 0.157 e. The highest BCUT2D eigenvalue weighted by Crippen LogP contribution is 2.23. The predicted octanol–water partition coefficient (Wildman–Crippen LogP) is 2.23. The summed E-state index contributed by atoms with van der Waals surface area (Å²) in [6, 6.07) is 4.26. The highest BCUT2D eigenvalue weighted by Gasteiger charge is 2.35. The lowest BCUT2D eigenvalue weighted by atomic mass is 9.82. The highest BCUT2D eigenvalue weighted by atomic mass is 16.5. The predicted molar refractivity (Wildman–Crippen MR) is 76.3 cm³/mol. The molecule has 0 saturated carbocycles. The van der Waals surface area contributed by atoms with E-state index in [9.17, 15) is 4.79 Å². The molecule has 0 radical (unpaired) electrons. The molecular formula is C16H23NO2. The molecule has 2 N–H and O–H groups in total. The van der Waals surface area contributed by atoms with Crippen LogP contribution in [0.15, 0.2) is 12.1 Å². The Kier molecular flexibility index (Phi) is 4.07. The van der Waals surface area contributed by atoms with Gasteiger partial charge in [-0.2, -0.15) is 0 Å². The zero-order chi connectivity index (χ0) is 14.0. The number of hydrogen-bond donors (Lipinski definition) is 1. The summed E-state index contributed by atoms with van der Waals surface area (Å²) in [6.45, 7) is 7.39. The summed E-state index contributed by atoms with van der Waals surface area (Å²) < 4.78 is 5.30. The van der Waals surface area contributed by atoms with Crippen LogP contribution in [0.25, 0.3) is 0 Å². The molecule has 1 aliphatic heterocycles. The molecule has 0 spiro atoms. The van der Waals surface area contributed by atoms with E-state index in [2.05, 4.69) is 32.9 Å². The molecule has 3 heteroatoms. The lowest BCUT2D eigenvalue weighted by Crippen LogP contribution is -2.52. The number of Topliss-reactive ketones (excluding diaryl/α,β-unsaturated/α-hetero) is 1. The first-order valence-electron chi connectivity index (χ1n) is 6.89. The van der Waals surface area contributed by atoms with Gasteiger partial charge >= 0.3 is 0 Å². The Morgan fingerprint density at radius 2 is 1.74 bits per heavy atom. The monoisotopic (exact) mass is 261 g/mol. The van der Waals surface area contributed by atoms with Crippen LogP contribution >= 0.6 is 0 Å². The van der Waals surface area contributed by atoms with Crippen LogP contribution < -0.4 is 5.73 Å². The summed E-state index contributed by atoms with van der Waals surface area (Å²) in [5.41, 5.74) is 10.3. The molecule has 1 saturated heterocycles. The van der Waals surface area contributed by atoms with E-state index < -0.39 is 5.54 Å². The van der Waals surface area contributed by atoms with Gasteiger partial charge in [0.25, 0.3) is 0 Å². The lowest BCUT2D eigenvalue weighted by Gasteiger charge is -2.32. The van der Waals surface area contributed by atoms with Crippen LogP contribution in [-0.4, -0.2) is 24.5 Å². The number of nitrogens with two attached hydrogens (primary N) is 1. The van der Waals surface area contributed by atoms with Crippen LogP contribution in [0.5, 0.6) is 0 Å². The van der Waals surface area contributed by atoms with Crippen molar-refractivity contribution in [1.29, 1.82) is 0 Å². The molecule has 0 amide bonds. The van der Waals surface area contributed by atoms with Crippen molar-refractivity contribution in [2.75, 3.05) is 13.2 Å². The molecule has 0 bridgehead atoms. The van der Waals surface area contributed by atoms with Crippen molar-refractivity contribution in [2.45, 2.75) is 45.6 Å². The second-order valence-electron chi connectivity index (χ2n) is 5.75. The van der Waals surface area contributed by atoms with Gasteiger partial charge in [-0.25, -0.2) is 0 Å². The maximum Gasteiger partial charge on any atom is 0.157 e. The van der Waals surface area contributed by atoms with Crippen LogP contribution in [0, 0.1) is 20.8 Å². The average Bonchev–Trinajstić information content (AvgIpc) is 2.34. The van der Waals surface area contributed by atoms with Crippen LogP contribution in [0.4, 0.5) is 0 Å². The molecule has 19 heavy (non-hydrogen) atoms. The maximum absolute atomic E-state index is 12.5. The highest BCUT2D eigenvalue weighted by molar-refractivity contribution is 5.90. The second kappa shape index (κ2) is 5.43. The van der Waals surface area contributed by atoms with Crippen LogP contribution in [0.2, 0.25) is 0 Å². The van der Waals surface area contributed by atoms with Gasteiger partial charge in [-0.15, -0.1) is 0 Å². The van der Waals surface area contributed by atoms with Crippen molar-refractivity contribution >= 4 is 5.78 Å². The summed E-state index contributed by atoms with van der Waals surface area (Å²) >= 11 is 0. The number of rotatable bonds is 3. The maximum atomic E-state index is 12.5. The molecule has 0 unspecified atom stereocenters. The fourth-order valence-corrected chi connectivity index (χ4v) is 2.84. The van der Waals surface area contributed by atoms with Crippen molar-refractivity contribution in [2.24, 2.45) is 5.73 Å². The van der Waals surface area contributed by atoms with Crippen molar-refractivity contribution < 1.29 is 9.53 Å². The van der Waals surface area contributed by atoms with E-state index in [1.165, 1.54) is 16.7 Å². The topological polar surface area (TPSA) is 52.3 Å². The van der Waals surface area contributed by atoms with Gasteiger partial charge in [0.2, 0.25) is 0 Å². The lowest BCUT2D eigenvalue weighted by molar-refractivity contribution is -0.126. The fourth-order valence-electron chi connectivity index (χ4n) is 2.84. The number of ketones is 1. The van der Waals surface area contributed by atoms with Crippen molar-refractivity contribution in [3.8, 4) is 0 Å². The molecule has 0 aromatic heterocycles. The average molecular weight is 261 g/mol. The van der Waals surface area contributed by atoms with Gasteiger partial charge in [0, 0.05) is 19.6 Å². The van der Waals surface area contributed by atoms with Crippen molar-refractivity contribution in [1.82, 2.24) is 0 Å². The molecule has 3 nitrogen and oxygen atoms in total. The third-order valence-electron chi connectivity index (χ3n) is 4.12. The van der Waals surface area contributed by atoms with Gasteiger partial charge in [-0.05, 0) is 50.3 Å². The van der Waals surface area contributed by atoms with E-state index in [-0.39, 0.29) is 5.78 Å². The van der Waals surface area contributed by atoms with Gasteiger partial charge in [-0.1, -0.05) is 17.7 Å². The number of aryl methyl sites for hydroxylation is 3. The normalized spacial score (nSPS) is 18.3. The Morgan fingerprint density at radius 1 is 1.21 bits per heavy atom. The van der Waals surface area contributed by atoms with E-state index in [4.69, 9.17) is 10.5 Å². The van der Waals surface area contributed by atoms with Gasteiger partial charge in [0.1, 0.15) is 0 Å². The van der Waals surface area contributed by atoms with Crippen LogP contribution in [0.3, 0.4) is 0 Å². The van der Waals surface area contributed by atoms with Gasteiger partial charge in [0.15, 0.2) is 5.78 Å². The Morgan fingerprint density at radius 3 is 2.26 bits per heavy atom. The molecule has 2 rings (SSSR count). The molecule has 1 heterocycles. The summed E-state index contributed by atoms with van der Waals surface area (Å²) in [4.78, 5) is 12.5. The summed E-state index contributed by atoms with van der Waals surface area (Å²) in [5.74, 6) is 0.144. The standard InChI is InChI=1S/C16H23NO2/c1-11-8-12(2)14(13(3)9-11)10-15(18)16(17)4-6-19-7-5-16/h8-9H,4-7,10,17H2,1-3H3. The first-order chi connectivity index (χ1) is 8.92. The number of hydrogen-bond acceptors (Lipinski definition) is 3. The van der Waals surface area contributed by atoms with Crippen molar-refractivity contribution in [3.63, 3.8) is 0 Å². The molecule has 1 aliphatic rings. The molecule has 0 atom stereocenters.